The van der Waals surface area contributed by atoms with Crippen LogP contribution in [0.1, 0.15) is 30.6 Å². The van der Waals surface area contributed by atoms with Crippen molar-refractivity contribution in [1.82, 2.24) is 0 Å². The summed E-state index contributed by atoms with van der Waals surface area (Å²) in [5, 5.41) is 0. The Morgan fingerprint density at radius 2 is 1.79 bits per heavy atom. The van der Waals surface area contributed by atoms with Crippen LogP contribution < -0.4 is 4.74 Å². The lowest BCUT2D eigenvalue weighted by Crippen LogP contribution is -2.41. The first kappa shape index (κ1) is 16.2. The molecule has 1 aromatic rings. The minimum absolute atomic E-state index is 0.0893. The average molecular weight is 349 g/mol. The number of ketones is 1. The summed E-state index contributed by atoms with van der Waals surface area (Å²) in [5.74, 6) is 0.0830. The van der Waals surface area contributed by atoms with Gasteiger partial charge in [0.05, 0.1) is 7.11 Å². The molecule has 0 aromatic heterocycles. The Balaban J connectivity index is 3.22. The zero-order valence-corrected chi connectivity index (χ0v) is 13.5. The Bertz CT molecular complexity index is 551. The third-order valence-corrected chi connectivity index (χ3v) is 7.64. The number of rotatable bonds is 6. The van der Waals surface area contributed by atoms with Crippen molar-refractivity contribution >= 4 is 31.6 Å². The van der Waals surface area contributed by atoms with E-state index in [9.17, 15) is 13.2 Å². The first-order chi connectivity index (χ1) is 8.82. The van der Waals surface area contributed by atoms with E-state index in [1.54, 1.807) is 31.2 Å². The number of hydrogen-bond donors (Lipinski definition) is 0. The largest absolute Gasteiger partial charge is 0.497 e. The summed E-state index contributed by atoms with van der Waals surface area (Å²) in [6, 6.07) is 6.40. The Morgan fingerprint density at radius 1 is 1.26 bits per heavy atom. The number of hydrogen-bond acceptors (Lipinski definition) is 4. The molecule has 1 unspecified atom stereocenters. The Hall–Kier alpha value is -0.880. The van der Waals surface area contributed by atoms with Crippen molar-refractivity contribution in [3.05, 3.63) is 29.8 Å². The van der Waals surface area contributed by atoms with Crippen LogP contribution in [0.15, 0.2) is 24.3 Å². The summed E-state index contributed by atoms with van der Waals surface area (Å²) in [7, 11) is -2.01. The minimum atomic E-state index is -3.54. The maximum Gasteiger partial charge on any atom is 0.194 e. The monoisotopic (exact) mass is 348 g/mol. The molecule has 1 aromatic carbocycles. The normalized spacial score (nSPS) is 14.7. The fourth-order valence-corrected chi connectivity index (χ4v) is 3.92. The van der Waals surface area contributed by atoms with E-state index in [0.717, 1.165) is 0 Å². The first-order valence-electron chi connectivity index (χ1n) is 5.92. The number of benzene rings is 1. The number of methoxy groups -OCH3 is 1. The predicted octanol–water partition coefficient (Wildman–Crippen LogP) is 2.81. The third-order valence-electron chi connectivity index (χ3n) is 3.02. The van der Waals surface area contributed by atoms with Crippen molar-refractivity contribution in [2.45, 2.75) is 23.9 Å². The fourth-order valence-electron chi connectivity index (χ4n) is 1.71. The van der Waals surface area contributed by atoms with Gasteiger partial charge in [-0.2, -0.15) is 0 Å². The molecule has 0 saturated carbocycles. The van der Waals surface area contributed by atoms with Crippen LogP contribution in [0.5, 0.6) is 5.75 Å². The van der Waals surface area contributed by atoms with Crippen molar-refractivity contribution < 1.29 is 17.9 Å². The quantitative estimate of drug-likeness (QED) is 0.585. The second-order valence-corrected chi connectivity index (χ2v) is 8.43. The van der Waals surface area contributed by atoms with Gasteiger partial charge in [-0.15, -0.1) is 0 Å². The van der Waals surface area contributed by atoms with E-state index < -0.39 is 19.3 Å². The lowest BCUT2D eigenvalue weighted by molar-refractivity contribution is 0.0976. The van der Waals surface area contributed by atoms with Gasteiger partial charge in [0.2, 0.25) is 0 Å². The van der Waals surface area contributed by atoms with Crippen molar-refractivity contribution in [2.75, 3.05) is 12.9 Å². The molecule has 0 fully saturated rings. The van der Waals surface area contributed by atoms with Crippen molar-refractivity contribution in [1.29, 1.82) is 0 Å². The number of carbonyl (C=O) groups excluding carboxylic acids is 1. The molecule has 0 aliphatic heterocycles. The highest BCUT2D eigenvalue weighted by Gasteiger charge is 2.45. The van der Waals surface area contributed by atoms with Gasteiger partial charge in [0.1, 0.15) is 5.75 Å². The molecule has 0 bridgehead atoms. The van der Waals surface area contributed by atoms with E-state index in [-0.39, 0.29) is 12.2 Å². The van der Waals surface area contributed by atoms with Gasteiger partial charge in [0.15, 0.2) is 19.3 Å². The van der Waals surface area contributed by atoms with Gasteiger partial charge in [0.25, 0.3) is 0 Å². The first-order valence-corrected chi connectivity index (χ1v) is 8.37. The molecule has 0 aliphatic carbocycles. The van der Waals surface area contributed by atoms with Crippen LogP contribution in [-0.4, -0.2) is 30.7 Å². The molecule has 0 amide bonds. The maximum absolute atomic E-state index is 12.4. The van der Waals surface area contributed by atoms with Crippen LogP contribution >= 0.6 is 15.9 Å². The summed E-state index contributed by atoms with van der Waals surface area (Å²) in [6.07, 6.45) is 0.175. The Kier molecular flexibility index (Phi) is 5.15. The molecule has 6 heteroatoms. The molecule has 0 aliphatic rings. The summed E-state index contributed by atoms with van der Waals surface area (Å²) >= 11 is 3.14. The van der Waals surface area contributed by atoms with Gasteiger partial charge in [-0.1, -0.05) is 29.8 Å². The third kappa shape index (κ3) is 3.00. The minimum Gasteiger partial charge on any atom is -0.497 e. The van der Waals surface area contributed by atoms with E-state index in [1.807, 2.05) is 0 Å². The molecular formula is C13H17BrO4S. The SMILES string of the molecule is CCC(Br)(C(=O)c1ccc(OC)cc1)S(=O)(=O)CC. The standard InChI is InChI=1S/C13H17BrO4S/c1-4-13(14,19(16,17)5-2)12(15)10-6-8-11(18-3)9-7-10/h6-9H,4-5H2,1-3H3. The van der Waals surface area contributed by atoms with Crippen molar-refractivity contribution in [3.63, 3.8) is 0 Å². The fraction of sp³-hybridized carbons (Fsp3) is 0.462. The molecule has 19 heavy (non-hydrogen) atoms. The molecule has 0 saturated heterocycles. The van der Waals surface area contributed by atoms with Gasteiger partial charge in [0, 0.05) is 11.3 Å². The second-order valence-electron chi connectivity index (χ2n) is 4.04. The van der Waals surface area contributed by atoms with Crippen LogP contribution in [0.4, 0.5) is 0 Å². The van der Waals surface area contributed by atoms with Crippen LogP contribution in [0, 0.1) is 0 Å². The number of alkyl halides is 1. The molecule has 0 heterocycles. The highest BCUT2D eigenvalue weighted by molar-refractivity contribution is 9.12. The van der Waals surface area contributed by atoms with Crippen LogP contribution in [-0.2, 0) is 9.84 Å². The maximum atomic E-state index is 12.4. The lowest BCUT2D eigenvalue weighted by Gasteiger charge is -2.24. The lowest BCUT2D eigenvalue weighted by atomic mass is 10.1. The number of carbonyl (C=O) groups is 1. The molecule has 4 nitrogen and oxygen atoms in total. The number of ether oxygens (including phenoxy) is 1. The molecule has 0 spiro atoms. The molecule has 0 N–H and O–H groups in total. The molecule has 0 radical (unpaired) electrons. The van der Waals surface area contributed by atoms with E-state index in [2.05, 4.69) is 15.9 Å². The predicted molar refractivity (Wildman–Crippen MR) is 78.7 cm³/mol. The highest BCUT2D eigenvalue weighted by Crippen LogP contribution is 2.34. The van der Waals surface area contributed by atoms with Gasteiger partial charge in [-0.3, -0.25) is 4.79 Å². The zero-order chi connectivity index (χ0) is 14.7. The van der Waals surface area contributed by atoms with Crippen LogP contribution in [0.25, 0.3) is 0 Å². The van der Waals surface area contributed by atoms with E-state index in [0.29, 0.717) is 11.3 Å². The van der Waals surface area contributed by atoms with E-state index in [4.69, 9.17) is 4.74 Å². The van der Waals surface area contributed by atoms with Gasteiger partial charge >= 0.3 is 0 Å². The summed E-state index contributed by atoms with van der Waals surface area (Å²) < 4.78 is 27.7. The van der Waals surface area contributed by atoms with Gasteiger partial charge in [-0.25, -0.2) is 8.42 Å². The summed E-state index contributed by atoms with van der Waals surface area (Å²) in [4.78, 5) is 12.4. The Labute approximate surface area is 122 Å². The van der Waals surface area contributed by atoms with Crippen LogP contribution in [0.2, 0.25) is 0 Å². The Morgan fingerprint density at radius 3 is 2.16 bits per heavy atom. The van der Waals surface area contributed by atoms with Gasteiger partial charge < -0.3 is 4.74 Å². The number of Topliss-reactive ketones (excluding diaryl/α,β-unsaturated/α-hetero) is 1. The van der Waals surface area contributed by atoms with Crippen molar-refractivity contribution in [2.24, 2.45) is 0 Å². The van der Waals surface area contributed by atoms with E-state index >= 15 is 0 Å². The number of sulfone groups is 1. The molecule has 1 rings (SSSR count). The highest BCUT2D eigenvalue weighted by atomic mass is 79.9. The van der Waals surface area contributed by atoms with E-state index in [1.165, 1.54) is 14.0 Å². The summed E-state index contributed by atoms with van der Waals surface area (Å²) in [6.45, 7) is 3.20. The smallest absolute Gasteiger partial charge is 0.194 e. The van der Waals surface area contributed by atoms with Crippen LogP contribution in [0.3, 0.4) is 0 Å². The van der Waals surface area contributed by atoms with Crippen molar-refractivity contribution in [3.8, 4) is 5.75 Å². The molecule has 106 valence electrons. The zero-order valence-electron chi connectivity index (χ0n) is 11.1. The van der Waals surface area contributed by atoms with Gasteiger partial charge in [-0.05, 0) is 30.7 Å². The molecule has 1 atom stereocenters. The second kappa shape index (κ2) is 6.05. The summed E-state index contributed by atoms with van der Waals surface area (Å²) in [5.41, 5.74) is 0.344. The molecular weight excluding hydrogens is 332 g/mol. The average Bonchev–Trinajstić information content (AvgIpc) is 2.45. The number of halogens is 1. The topological polar surface area (TPSA) is 60.4 Å².